The maximum atomic E-state index is 5.51. The van der Waals surface area contributed by atoms with Crippen LogP contribution in [0.1, 0.15) is 28.7 Å². The molecule has 0 heterocycles. The van der Waals surface area contributed by atoms with Crippen molar-refractivity contribution in [3.8, 4) is 11.1 Å². The molecule has 0 radical (unpaired) electrons. The van der Waals surface area contributed by atoms with E-state index in [4.69, 9.17) is 4.74 Å². The van der Waals surface area contributed by atoms with Crippen LogP contribution in [-0.2, 0) is 32.4 Å². The molecule has 4 aromatic rings. The molecule has 0 fully saturated rings. The number of benzene rings is 4. The fraction of sp³-hybridized carbons (Fsp3) is 0.121. The van der Waals surface area contributed by atoms with Crippen LogP contribution in [0.3, 0.4) is 0 Å². The van der Waals surface area contributed by atoms with Crippen LogP contribution in [0, 0.1) is 0 Å². The van der Waals surface area contributed by atoms with Crippen LogP contribution in [-0.4, -0.2) is 16.9 Å². The Hall–Kier alpha value is -2.35. The summed E-state index contributed by atoms with van der Waals surface area (Å²) >= 11 is -2.59. The second-order valence-corrected chi connectivity index (χ2v) is 15.2. The first-order chi connectivity index (χ1) is 17.3. The molecule has 0 amide bonds. The molecule has 4 heteroatoms. The summed E-state index contributed by atoms with van der Waals surface area (Å²) in [5.41, 5.74) is 9.89. The zero-order valence-corrected chi connectivity index (χ0v) is 24.7. The third-order valence-corrected chi connectivity index (χ3v) is 14.6. The maximum absolute atomic E-state index is 5.51. The standard InChI is InChI=1S/C13H9.C13H10.C7H9O.2ClH.Zr/c1-3-7-12-10(5-1)9-11-6-2-4-8-13(11)12;1-3-7-12(8-4-1)11-13-9-5-2-6-10-13;1-8-6-7-4-2-3-5-7;;;/h1-5,7-8H,9H2;1-10H;4-5H,2,6H2,1H3;2*1H;/q;;;;;+2/p-2. The summed E-state index contributed by atoms with van der Waals surface area (Å²) in [5.74, 6) is 0. The quantitative estimate of drug-likeness (QED) is 0.278. The average molecular weight is 603 g/mol. The van der Waals surface area contributed by atoms with Gasteiger partial charge in [0, 0.05) is 0 Å². The molecule has 0 saturated heterocycles. The summed E-state index contributed by atoms with van der Waals surface area (Å²) in [6.45, 7) is 0.685. The minimum Gasteiger partial charge on any atom is -1.00 e. The van der Waals surface area contributed by atoms with Crippen LogP contribution in [0.25, 0.3) is 11.1 Å². The first-order valence-electron chi connectivity index (χ1n) is 12.3. The van der Waals surface area contributed by atoms with E-state index in [1.54, 1.807) is 22.4 Å². The molecule has 1 nitrogen and oxygen atoms in total. The van der Waals surface area contributed by atoms with E-state index in [1.165, 1.54) is 33.4 Å². The largest absolute Gasteiger partial charge is 1.00 e. The van der Waals surface area contributed by atoms with E-state index >= 15 is 0 Å². The third kappa shape index (κ3) is 5.45. The Balaban J connectivity index is 0.00000160. The molecule has 0 spiro atoms. The van der Waals surface area contributed by atoms with Gasteiger partial charge < -0.3 is 24.8 Å². The smallest absolute Gasteiger partial charge is 1.00 e. The number of hydrogen-bond donors (Lipinski definition) is 0. The van der Waals surface area contributed by atoms with Crippen LogP contribution in [0.2, 0.25) is 0 Å². The zero-order chi connectivity index (χ0) is 23.6. The number of ether oxygens (including phenoxy) is 1. The number of hydrogen-bond acceptors (Lipinski definition) is 1. The van der Waals surface area contributed by atoms with Gasteiger partial charge in [0.1, 0.15) is 0 Å². The molecule has 0 N–H and O–H groups in total. The molecule has 0 aromatic heterocycles. The number of allylic oxidation sites excluding steroid dienone is 2. The van der Waals surface area contributed by atoms with E-state index in [0.29, 0.717) is 6.61 Å². The fourth-order valence-electron chi connectivity index (χ4n) is 5.55. The topological polar surface area (TPSA) is 9.23 Å². The van der Waals surface area contributed by atoms with Gasteiger partial charge in [-0.2, -0.15) is 0 Å². The molecule has 184 valence electrons. The second kappa shape index (κ2) is 12.5. The van der Waals surface area contributed by atoms with Gasteiger partial charge in [0.05, 0.1) is 0 Å². The normalized spacial score (nSPS) is 12.6. The Kier molecular flexibility index (Phi) is 9.33. The Morgan fingerprint density at radius 2 is 1.35 bits per heavy atom. The Bertz CT molecular complexity index is 1450. The van der Waals surface area contributed by atoms with Gasteiger partial charge in [0.25, 0.3) is 0 Å². The summed E-state index contributed by atoms with van der Waals surface area (Å²) in [6.07, 6.45) is 6.91. The molecule has 0 aliphatic heterocycles. The van der Waals surface area contributed by atoms with Crippen molar-refractivity contribution in [2.75, 3.05) is 13.7 Å². The number of halogens is 2. The van der Waals surface area contributed by atoms with Gasteiger partial charge in [-0.05, 0) is 0 Å². The van der Waals surface area contributed by atoms with Gasteiger partial charge in [-0.1, -0.05) is 0 Å². The van der Waals surface area contributed by atoms with Crippen LogP contribution < -0.4 is 28.1 Å². The summed E-state index contributed by atoms with van der Waals surface area (Å²) in [7, 11) is 1.79. The number of methoxy groups -OCH3 is 1. The molecule has 37 heavy (non-hydrogen) atoms. The van der Waals surface area contributed by atoms with Gasteiger partial charge >= 0.3 is 217 Å². The minimum absolute atomic E-state index is 0. The molecule has 2 aliphatic carbocycles. The van der Waals surface area contributed by atoms with E-state index < -0.39 is 21.3 Å². The van der Waals surface area contributed by atoms with Gasteiger partial charge in [-0.25, -0.2) is 0 Å². The molecule has 0 unspecified atom stereocenters. The van der Waals surface area contributed by atoms with Gasteiger partial charge in [0.2, 0.25) is 0 Å². The SMILES string of the molecule is COCC1=CC[C]([Zr+2](=[C](c2ccccc2)c2ccccc2)[c]2cccc3c2Cc2ccccc2-3)=C1.[Cl-].[Cl-]. The predicted molar refractivity (Wildman–Crippen MR) is 143 cm³/mol. The number of rotatable bonds is 6. The number of fused-ring (bicyclic) bond motifs is 3. The summed E-state index contributed by atoms with van der Waals surface area (Å²) in [5, 5.41) is 0. The molecule has 6 rings (SSSR count). The van der Waals surface area contributed by atoms with E-state index in [1.807, 2.05) is 0 Å². The monoisotopic (exact) mass is 600 g/mol. The van der Waals surface area contributed by atoms with Crippen molar-refractivity contribution in [1.29, 1.82) is 0 Å². The Morgan fingerprint density at radius 1 is 0.730 bits per heavy atom. The van der Waals surface area contributed by atoms with Gasteiger partial charge in [0.15, 0.2) is 0 Å². The summed E-state index contributed by atoms with van der Waals surface area (Å²) < 4.78 is 10.3. The molecule has 0 saturated carbocycles. The van der Waals surface area contributed by atoms with Crippen molar-refractivity contribution >= 4 is 6.48 Å². The summed E-state index contributed by atoms with van der Waals surface area (Å²) in [4.78, 5) is 0. The van der Waals surface area contributed by atoms with E-state index in [9.17, 15) is 0 Å². The van der Waals surface area contributed by atoms with Crippen molar-refractivity contribution in [3.05, 3.63) is 146 Å². The maximum Gasteiger partial charge on any atom is -1.00 e. The van der Waals surface area contributed by atoms with Crippen LogP contribution >= 0.6 is 0 Å². The molecule has 0 bridgehead atoms. The van der Waals surface area contributed by atoms with Crippen molar-refractivity contribution in [2.45, 2.75) is 12.8 Å². The average Bonchev–Trinajstić information content (AvgIpc) is 3.53. The molecule has 0 atom stereocenters. The van der Waals surface area contributed by atoms with E-state index in [0.717, 1.165) is 12.8 Å². The van der Waals surface area contributed by atoms with Crippen molar-refractivity contribution in [3.63, 3.8) is 0 Å². The van der Waals surface area contributed by atoms with Crippen molar-refractivity contribution in [1.82, 2.24) is 0 Å². The first kappa shape index (κ1) is 27.7. The molecule has 2 aliphatic rings. The predicted octanol–water partition coefficient (Wildman–Crippen LogP) is 0.639. The third-order valence-electron chi connectivity index (χ3n) is 7.07. The van der Waals surface area contributed by atoms with Crippen LogP contribution in [0.5, 0.6) is 0 Å². The van der Waals surface area contributed by atoms with Crippen molar-refractivity contribution in [2.24, 2.45) is 0 Å². The van der Waals surface area contributed by atoms with Gasteiger partial charge in [-0.15, -0.1) is 0 Å². The second-order valence-electron chi connectivity index (χ2n) is 9.23. The van der Waals surface area contributed by atoms with Gasteiger partial charge in [-0.3, -0.25) is 0 Å². The molecule has 4 aromatic carbocycles. The molecular weight excluding hydrogens is 574 g/mol. The van der Waals surface area contributed by atoms with E-state index in [-0.39, 0.29) is 24.8 Å². The fourth-order valence-corrected chi connectivity index (χ4v) is 13.6. The first-order valence-corrected chi connectivity index (χ1v) is 16.0. The van der Waals surface area contributed by atoms with Crippen LogP contribution in [0.15, 0.2) is 124 Å². The zero-order valence-electron chi connectivity index (χ0n) is 20.8. The van der Waals surface area contributed by atoms with Crippen molar-refractivity contribution < 1.29 is 50.8 Å². The summed E-state index contributed by atoms with van der Waals surface area (Å²) in [6, 6.07) is 38.2. The van der Waals surface area contributed by atoms with Crippen LogP contribution in [0.4, 0.5) is 0 Å². The van der Waals surface area contributed by atoms with E-state index in [2.05, 4.69) is 115 Å². The molecular formula is C33H28Cl2OZr. The Labute approximate surface area is 239 Å². The Morgan fingerprint density at radius 3 is 2.03 bits per heavy atom. The minimum atomic E-state index is -2.59.